The minimum atomic E-state index is -0.177. The molecule has 3 heterocycles. The molecule has 0 unspecified atom stereocenters. The first-order valence-electron chi connectivity index (χ1n) is 7.65. The van der Waals surface area contributed by atoms with Gasteiger partial charge in [-0.2, -0.15) is 5.10 Å². The van der Waals surface area contributed by atoms with Crippen molar-refractivity contribution < 1.29 is 4.79 Å². The zero-order valence-electron chi connectivity index (χ0n) is 12.4. The largest absolute Gasteiger partial charge is 0.305 e. The average molecular weight is 344 g/mol. The summed E-state index contributed by atoms with van der Waals surface area (Å²) in [5.74, 6) is 0.580. The standard InChI is InChI=1S/C16H16N4OS2/c21-15(12-10-23-16(18-12)13-6-3-9-22-13)19-14-7-8-17-20(14)11-4-1-2-5-11/h3,6-11H,1-2,4-5H2,(H,19,21). The van der Waals surface area contributed by atoms with Gasteiger partial charge in [0, 0.05) is 11.4 Å². The maximum atomic E-state index is 12.5. The van der Waals surface area contributed by atoms with Crippen LogP contribution in [0, 0.1) is 0 Å². The number of nitrogens with zero attached hydrogens (tertiary/aromatic N) is 3. The highest BCUT2D eigenvalue weighted by molar-refractivity contribution is 7.20. The second-order valence-corrected chi connectivity index (χ2v) is 7.37. The Kier molecular flexibility index (Phi) is 3.97. The Balaban J connectivity index is 1.51. The molecule has 118 valence electrons. The number of nitrogens with one attached hydrogen (secondary N) is 1. The molecular formula is C16H16N4OS2. The fraction of sp³-hybridized carbons (Fsp3) is 0.312. The van der Waals surface area contributed by atoms with Crippen LogP contribution in [0.4, 0.5) is 5.82 Å². The molecule has 7 heteroatoms. The van der Waals surface area contributed by atoms with Crippen LogP contribution in [-0.2, 0) is 0 Å². The number of amides is 1. The van der Waals surface area contributed by atoms with E-state index in [1.165, 1.54) is 24.2 Å². The van der Waals surface area contributed by atoms with Crippen molar-refractivity contribution in [2.24, 2.45) is 0 Å². The summed E-state index contributed by atoms with van der Waals surface area (Å²) in [6, 6.07) is 6.25. The monoisotopic (exact) mass is 344 g/mol. The van der Waals surface area contributed by atoms with E-state index >= 15 is 0 Å². The van der Waals surface area contributed by atoms with Gasteiger partial charge in [-0.25, -0.2) is 9.67 Å². The summed E-state index contributed by atoms with van der Waals surface area (Å²) in [4.78, 5) is 18.0. The second-order valence-electron chi connectivity index (χ2n) is 5.57. The van der Waals surface area contributed by atoms with E-state index in [1.54, 1.807) is 22.9 Å². The maximum absolute atomic E-state index is 12.5. The summed E-state index contributed by atoms with van der Waals surface area (Å²) in [6.07, 6.45) is 6.46. The minimum Gasteiger partial charge on any atom is -0.305 e. The lowest BCUT2D eigenvalue weighted by atomic mass is 10.2. The molecule has 4 rings (SSSR count). The van der Waals surface area contributed by atoms with Crippen LogP contribution in [0.3, 0.4) is 0 Å². The summed E-state index contributed by atoms with van der Waals surface area (Å²) >= 11 is 3.12. The van der Waals surface area contributed by atoms with Crippen molar-refractivity contribution in [3.05, 3.63) is 40.8 Å². The fourth-order valence-electron chi connectivity index (χ4n) is 2.92. The SMILES string of the molecule is O=C(Nc1ccnn1C1CCCC1)c1csc(-c2cccs2)n1. The molecular weight excluding hydrogens is 328 g/mol. The van der Waals surface area contributed by atoms with Crippen molar-refractivity contribution in [1.29, 1.82) is 0 Å². The van der Waals surface area contributed by atoms with Crippen molar-refractivity contribution in [3.63, 3.8) is 0 Å². The van der Waals surface area contributed by atoms with Gasteiger partial charge in [0.2, 0.25) is 0 Å². The first kappa shape index (κ1) is 14.6. The van der Waals surface area contributed by atoms with E-state index in [2.05, 4.69) is 15.4 Å². The van der Waals surface area contributed by atoms with Crippen molar-refractivity contribution >= 4 is 34.4 Å². The molecule has 23 heavy (non-hydrogen) atoms. The van der Waals surface area contributed by atoms with Crippen molar-refractivity contribution in [2.75, 3.05) is 5.32 Å². The molecule has 0 aromatic carbocycles. The maximum Gasteiger partial charge on any atom is 0.276 e. The van der Waals surface area contributed by atoms with Crippen LogP contribution >= 0.6 is 22.7 Å². The van der Waals surface area contributed by atoms with Crippen LogP contribution < -0.4 is 5.32 Å². The molecule has 0 atom stereocenters. The minimum absolute atomic E-state index is 0.177. The number of aromatic nitrogens is 3. The smallest absolute Gasteiger partial charge is 0.276 e. The van der Waals surface area contributed by atoms with E-state index in [1.807, 2.05) is 28.3 Å². The van der Waals surface area contributed by atoms with E-state index < -0.39 is 0 Å². The van der Waals surface area contributed by atoms with E-state index in [-0.39, 0.29) is 5.91 Å². The molecule has 1 saturated carbocycles. The van der Waals surface area contributed by atoms with Gasteiger partial charge >= 0.3 is 0 Å². The Morgan fingerprint density at radius 1 is 1.26 bits per heavy atom. The fourth-order valence-corrected chi connectivity index (χ4v) is 4.54. The number of hydrogen-bond acceptors (Lipinski definition) is 5. The van der Waals surface area contributed by atoms with Gasteiger partial charge in [-0.15, -0.1) is 22.7 Å². The van der Waals surface area contributed by atoms with Gasteiger partial charge in [-0.1, -0.05) is 18.9 Å². The van der Waals surface area contributed by atoms with Crippen LogP contribution in [0.5, 0.6) is 0 Å². The molecule has 0 spiro atoms. The molecule has 5 nitrogen and oxygen atoms in total. The number of hydrogen-bond donors (Lipinski definition) is 1. The number of thiazole rings is 1. The molecule has 0 radical (unpaired) electrons. The Bertz CT molecular complexity index is 800. The molecule has 1 N–H and O–H groups in total. The highest BCUT2D eigenvalue weighted by Crippen LogP contribution is 2.31. The van der Waals surface area contributed by atoms with Crippen molar-refractivity contribution in [3.8, 4) is 9.88 Å². The molecule has 1 fully saturated rings. The van der Waals surface area contributed by atoms with Gasteiger partial charge in [0.25, 0.3) is 5.91 Å². The van der Waals surface area contributed by atoms with Crippen LogP contribution in [0.25, 0.3) is 9.88 Å². The molecule has 0 aliphatic heterocycles. The first-order valence-corrected chi connectivity index (χ1v) is 9.41. The quantitative estimate of drug-likeness (QED) is 0.761. The first-order chi connectivity index (χ1) is 11.3. The van der Waals surface area contributed by atoms with Gasteiger partial charge in [0.05, 0.1) is 17.1 Å². The summed E-state index contributed by atoms with van der Waals surface area (Å²) in [7, 11) is 0. The van der Waals surface area contributed by atoms with Gasteiger partial charge in [0.1, 0.15) is 16.5 Å². The van der Waals surface area contributed by atoms with Gasteiger partial charge in [-0.3, -0.25) is 4.79 Å². The highest BCUT2D eigenvalue weighted by atomic mass is 32.1. The molecule has 3 aromatic rings. The topological polar surface area (TPSA) is 59.8 Å². The number of thiophene rings is 1. The average Bonchev–Trinajstić information content (AvgIpc) is 3.31. The number of rotatable bonds is 4. The second kappa shape index (κ2) is 6.25. The van der Waals surface area contributed by atoms with E-state index in [9.17, 15) is 4.79 Å². The van der Waals surface area contributed by atoms with E-state index in [4.69, 9.17) is 0 Å². The highest BCUT2D eigenvalue weighted by Gasteiger charge is 2.21. The predicted octanol–water partition coefficient (Wildman–Crippen LogP) is 4.44. The summed E-state index contributed by atoms with van der Waals surface area (Å²) in [5.41, 5.74) is 0.456. The number of carbonyl (C=O) groups excluding carboxylic acids is 1. The van der Waals surface area contributed by atoms with Gasteiger partial charge in [0.15, 0.2) is 0 Å². The van der Waals surface area contributed by atoms with Gasteiger partial charge < -0.3 is 5.32 Å². The summed E-state index contributed by atoms with van der Waals surface area (Å²) in [6.45, 7) is 0. The lowest BCUT2D eigenvalue weighted by Gasteiger charge is -2.14. The van der Waals surface area contributed by atoms with Gasteiger partial charge in [-0.05, 0) is 24.3 Å². The Morgan fingerprint density at radius 3 is 2.91 bits per heavy atom. The van der Waals surface area contributed by atoms with Crippen molar-refractivity contribution in [1.82, 2.24) is 14.8 Å². The predicted molar refractivity (Wildman–Crippen MR) is 93.1 cm³/mol. The van der Waals surface area contributed by atoms with E-state index in [0.717, 1.165) is 28.5 Å². The van der Waals surface area contributed by atoms with Crippen LogP contribution in [-0.4, -0.2) is 20.7 Å². The normalized spacial score (nSPS) is 15.1. The third-order valence-electron chi connectivity index (χ3n) is 4.05. The Hall–Kier alpha value is -1.99. The lowest BCUT2D eigenvalue weighted by molar-refractivity contribution is 0.102. The third kappa shape index (κ3) is 2.94. The van der Waals surface area contributed by atoms with E-state index in [0.29, 0.717) is 11.7 Å². The number of carbonyl (C=O) groups is 1. The zero-order valence-corrected chi connectivity index (χ0v) is 14.1. The molecule has 1 aliphatic rings. The Labute approximate surface area is 142 Å². The zero-order chi connectivity index (χ0) is 15.6. The summed E-state index contributed by atoms with van der Waals surface area (Å²) in [5, 5.41) is 12.0. The summed E-state index contributed by atoms with van der Waals surface area (Å²) < 4.78 is 1.94. The van der Waals surface area contributed by atoms with Crippen LogP contribution in [0.1, 0.15) is 42.2 Å². The van der Waals surface area contributed by atoms with Crippen LogP contribution in [0.15, 0.2) is 35.2 Å². The third-order valence-corrected chi connectivity index (χ3v) is 5.93. The molecule has 0 saturated heterocycles. The molecule has 3 aromatic heterocycles. The Morgan fingerprint density at radius 2 is 2.13 bits per heavy atom. The van der Waals surface area contributed by atoms with Crippen LogP contribution in [0.2, 0.25) is 0 Å². The molecule has 0 bridgehead atoms. The molecule has 1 amide bonds. The van der Waals surface area contributed by atoms with Crippen molar-refractivity contribution in [2.45, 2.75) is 31.7 Å². The number of anilines is 1. The lowest BCUT2D eigenvalue weighted by Crippen LogP contribution is -2.18. The molecule has 1 aliphatic carbocycles.